The van der Waals surface area contributed by atoms with E-state index in [4.69, 9.17) is 0 Å². The van der Waals surface area contributed by atoms with Gasteiger partial charge in [0, 0.05) is 35.7 Å². The highest BCUT2D eigenvalue weighted by Gasteiger charge is 2.15. The molecule has 1 aliphatic heterocycles. The Labute approximate surface area is 174 Å². The Hall–Kier alpha value is -3.12. The topological polar surface area (TPSA) is 61.4 Å². The van der Waals surface area contributed by atoms with Crippen molar-refractivity contribution in [1.29, 1.82) is 0 Å². The molecule has 2 heterocycles. The van der Waals surface area contributed by atoms with Crippen LogP contribution in [0.15, 0.2) is 60.0 Å². The summed E-state index contributed by atoms with van der Waals surface area (Å²) in [6, 6.07) is 16.6. The van der Waals surface area contributed by atoms with Gasteiger partial charge in [0.2, 0.25) is 0 Å². The van der Waals surface area contributed by atoms with Gasteiger partial charge in [0.15, 0.2) is 0 Å². The molecule has 148 valence electrons. The molecule has 0 unspecified atom stereocenters. The van der Waals surface area contributed by atoms with Gasteiger partial charge in [-0.15, -0.1) is 11.3 Å². The predicted octanol–water partition coefficient (Wildman–Crippen LogP) is 5.16. The predicted molar refractivity (Wildman–Crippen MR) is 119 cm³/mol. The molecule has 0 spiro atoms. The lowest BCUT2D eigenvalue weighted by Crippen LogP contribution is -2.19. The molecule has 0 radical (unpaired) electrons. The Balaban J connectivity index is 1.39. The van der Waals surface area contributed by atoms with E-state index >= 15 is 0 Å². The van der Waals surface area contributed by atoms with Crippen LogP contribution in [-0.2, 0) is 0 Å². The monoisotopic (exact) mass is 405 g/mol. The Morgan fingerprint density at radius 3 is 2.24 bits per heavy atom. The molecular formula is C23H23N3O2S. The molecule has 29 heavy (non-hydrogen) atoms. The highest BCUT2D eigenvalue weighted by Crippen LogP contribution is 2.27. The Kier molecular flexibility index (Phi) is 5.62. The maximum Gasteiger partial charge on any atom is 0.265 e. The van der Waals surface area contributed by atoms with Gasteiger partial charge in [-0.05, 0) is 79.2 Å². The molecule has 6 heteroatoms. The third-order valence-electron chi connectivity index (χ3n) is 5.05. The third kappa shape index (κ3) is 4.49. The van der Waals surface area contributed by atoms with Crippen LogP contribution in [0.1, 0.15) is 38.4 Å². The van der Waals surface area contributed by atoms with Crippen molar-refractivity contribution in [3.63, 3.8) is 0 Å². The third-order valence-corrected chi connectivity index (χ3v) is 5.92. The van der Waals surface area contributed by atoms with Crippen molar-refractivity contribution in [2.45, 2.75) is 19.8 Å². The van der Waals surface area contributed by atoms with Crippen molar-refractivity contribution < 1.29 is 9.59 Å². The smallest absolute Gasteiger partial charge is 0.265 e. The fourth-order valence-corrected chi connectivity index (χ4v) is 4.17. The molecule has 0 aliphatic carbocycles. The number of thiophene rings is 1. The van der Waals surface area contributed by atoms with Crippen molar-refractivity contribution in [2.75, 3.05) is 28.6 Å². The molecule has 1 aliphatic rings. The zero-order valence-electron chi connectivity index (χ0n) is 16.3. The van der Waals surface area contributed by atoms with E-state index < -0.39 is 0 Å². The zero-order valence-corrected chi connectivity index (χ0v) is 17.1. The van der Waals surface area contributed by atoms with E-state index in [1.807, 2.05) is 23.6 Å². The van der Waals surface area contributed by atoms with Crippen LogP contribution < -0.4 is 15.5 Å². The lowest BCUT2D eigenvalue weighted by atomic mass is 10.1. The number of amides is 2. The van der Waals surface area contributed by atoms with Gasteiger partial charge in [-0.2, -0.15) is 0 Å². The van der Waals surface area contributed by atoms with Gasteiger partial charge in [0.05, 0.1) is 4.88 Å². The van der Waals surface area contributed by atoms with Gasteiger partial charge in [-0.3, -0.25) is 9.59 Å². The molecule has 2 N–H and O–H groups in total. The minimum absolute atomic E-state index is 0.147. The highest BCUT2D eigenvalue weighted by molar-refractivity contribution is 7.12. The normalized spacial score (nSPS) is 13.3. The summed E-state index contributed by atoms with van der Waals surface area (Å²) in [5, 5.41) is 7.65. The maximum absolute atomic E-state index is 12.6. The molecule has 0 atom stereocenters. The molecule has 5 nitrogen and oxygen atoms in total. The summed E-state index contributed by atoms with van der Waals surface area (Å²) in [6.07, 6.45) is 2.48. The fraction of sp³-hybridized carbons (Fsp3) is 0.217. The summed E-state index contributed by atoms with van der Waals surface area (Å²) < 4.78 is 0. The number of anilines is 3. The number of carbonyl (C=O) groups is 2. The van der Waals surface area contributed by atoms with E-state index in [1.54, 1.807) is 30.3 Å². The number of nitrogens with one attached hydrogen (secondary N) is 2. The van der Waals surface area contributed by atoms with Gasteiger partial charge < -0.3 is 15.5 Å². The first-order valence-corrected chi connectivity index (χ1v) is 10.6. The second kappa shape index (κ2) is 8.49. The summed E-state index contributed by atoms with van der Waals surface area (Å²) in [7, 11) is 0. The quantitative estimate of drug-likeness (QED) is 0.616. The van der Waals surface area contributed by atoms with Gasteiger partial charge in [0.25, 0.3) is 11.8 Å². The first kappa shape index (κ1) is 19.2. The second-order valence-electron chi connectivity index (χ2n) is 7.16. The van der Waals surface area contributed by atoms with Crippen molar-refractivity contribution in [3.05, 3.63) is 76.0 Å². The zero-order chi connectivity index (χ0) is 20.2. The van der Waals surface area contributed by atoms with Crippen LogP contribution in [0.4, 0.5) is 17.1 Å². The van der Waals surface area contributed by atoms with E-state index in [1.165, 1.54) is 29.9 Å². The van der Waals surface area contributed by atoms with E-state index in [-0.39, 0.29) is 11.8 Å². The van der Waals surface area contributed by atoms with Gasteiger partial charge >= 0.3 is 0 Å². The standard InChI is InChI=1S/C23H23N3O2S/c1-16-15-19(10-11-20(16)26-12-2-3-13-26)25-22(27)17-6-8-18(9-7-17)24-23(28)21-5-4-14-29-21/h4-11,14-15H,2-3,12-13H2,1H3,(H,24,28)(H,25,27). The number of hydrogen-bond acceptors (Lipinski definition) is 4. The van der Waals surface area contributed by atoms with Crippen molar-refractivity contribution in [3.8, 4) is 0 Å². The number of hydrogen-bond donors (Lipinski definition) is 2. The molecule has 3 aromatic rings. The molecule has 1 saturated heterocycles. The van der Waals surface area contributed by atoms with Gasteiger partial charge in [0.1, 0.15) is 0 Å². The summed E-state index contributed by atoms with van der Waals surface area (Å²) in [5.41, 5.74) is 4.39. The average Bonchev–Trinajstić information content (AvgIpc) is 3.43. The molecule has 1 aromatic heterocycles. The van der Waals surface area contributed by atoms with Crippen LogP contribution in [0, 0.1) is 6.92 Å². The number of nitrogens with zero attached hydrogens (tertiary/aromatic N) is 1. The van der Waals surface area contributed by atoms with Crippen LogP contribution in [0.25, 0.3) is 0 Å². The van der Waals surface area contributed by atoms with E-state index in [0.717, 1.165) is 24.3 Å². The summed E-state index contributed by atoms with van der Waals surface area (Å²) in [5.74, 6) is -0.319. The van der Waals surface area contributed by atoms with Crippen LogP contribution in [0.2, 0.25) is 0 Å². The summed E-state index contributed by atoms with van der Waals surface area (Å²) in [6.45, 7) is 4.28. The van der Waals surface area contributed by atoms with Crippen LogP contribution in [0.5, 0.6) is 0 Å². The molecular weight excluding hydrogens is 382 g/mol. The number of rotatable bonds is 5. The van der Waals surface area contributed by atoms with Crippen molar-refractivity contribution in [1.82, 2.24) is 0 Å². The largest absolute Gasteiger partial charge is 0.371 e. The Morgan fingerprint density at radius 2 is 1.59 bits per heavy atom. The second-order valence-corrected chi connectivity index (χ2v) is 8.11. The SMILES string of the molecule is Cc1cc(NC(=O)c2ccc(NC(=O)c3cccs3)cc2)ccc1N1CCCC1. The fourth-order valence-electron chi connectivity index (χ4n) is 3.55. The van der Waals surface area contributed by atoms with E-state index in [9.17, 15) is 9.59 Å². The minimum atomic E-state index is -0.172. The van der Waals surface area contributed by atoms with E-state index in [2.05, 4.69) is 28.5 Å². The summed E-state index contributed by atoms with van der Waals surface area (Å²) >= 11 is 1.39. The van der Waals surface area contributed by atoms with Gasteiger partial charge in [-0.25, -0.2) is 0 Å². The van der Waals surface area contributed by atoms with Crippen molar-refractivity contribution in [2.24, 2.45) is 0 Å². The van der Waals surface area contributed by atoms with E-state index in [0.29, 0.717) is 16.1 Å². The maximum atomic E-state index is 12.6. The first-order chi connectivity index (χ1) is 14.1. The van der Waals surface area contributed by atoms with Crippen LogP contribution in [0.3, 0.4) is 0 Å². The lowest BCUT2D eigenvalue weighted by molar-refractivity contribution is 0.102. The molecule has 0 saturated carbocycles. The van der Waals surface area contributed by atoms with Crippen LogP contribution >= 0.6 is 11.3 Å². The first-order valence-electron chi connectivity index (χ1n) is 9.72. The molecule has 2 amide bonds. The Bertz CT molecular complexity index is 1010. The number of benzene rings is 2. The average molecular weight is 406 g/mol. The number of carbonyl (C=O) groups excluding carboxylic acids is 2. The number of aryl methyl sites for hydroxylation is 1. The minimum Gasteiger partial charge on any atom is -0.371 e. The summed E-state index contributed by atoms with van der Waals surface area (Å²) in [4.78, 5) is 27.7. The molecule has 0 bridgehead atoms. The van der Waals surface area contributed by atoms with Crippen molar-refractivity contribution >= 4 is 40.2 Å². The lowest BCUT2D eigenvalue weighted by Gasteiger charge is -2.20. The Morgan fingerprint density at radius 1 is 0.897 bits per heavy atom. The molecule has 1 fully saturated rings. The highest BCUT2D eigenvalue weighted by atomic mass is 32.1. The van der Waals surface area contributed by atoms with Crippen LogP contribution in [-0.4, -0.2) is 24.9 Å². The van der Waals surface area contributed by atoms with Gasteiger partial charge in [-0.1, -0.05) is 6.07 Å². The molecule has 4 rings (SSSR count). The molecule has 2 aromatic carbocycles.